The summed E-state index contributed by atoms with van der Waals surface area (Å²) in [5, 5.41) is 0. The average molecular weight is 478 g/mol. The minimum atomic E-state index is 0.826. The van der Waals surface area contributed by atoms with E-state index in [0.717, 1.165) is 60.6 Å². The molecule has 0 aliphatic rings. The van der Waals surface area contributed by atoms with Crippen LogP contribution in [0.3, 0.4) is 0 Å². The van der Waals surface area contributed by atoms with E-state index in [9.17, 15) is 0 Å². The third kappa shape index (κ3) is 17.3. The van der Waals surface area contributed by atoms with Gasteiger partial charge in [-0.15, -0.1) is 0 Å². The van der Waals surface area contributed by atoms with Crippen LogP contribution in [0.4, 0.5) is 0 Å². The number of rotatable bonds is 9. The minimum absolute atomic E-state index is 0.826. The third-order valence-electron chi connectivity index (χ3n) is 2.63. The zero-order valence-corrected chi connectivity index (χ0v) is 18.7. The molecule has 0 saturated heterocycles. The van der Waals surface area contributed by atoms with Crippen molar-refractivity contribution in [2.45, 2.75) is 11.8 Å². The number of benzene rings is 1. The van der Waals surface area contributed by atoms with Gasteiger partial charge in [-0.3, -0.25) is 0 Å². The van der Waals surface area contributed by atoms with E-state index in [4.69, 9.17) is 46.1 Å². The van der Waals surface area contributed by atoms with Gasteiger partial charge in [0.2, 0.25) is 0 Å². The van der Waals surface area contributed by atoms with E-state index in [1.165, 1.54) is 11.5 Å². The molecule has 0 spiro atoms. The van der Waals surface area contributed by atoms with Gasteiger partial charge in [0.1, 0.15) is 5.75 Å². The summed E-state index contributed by atoms with van der Waals surface area (Å²) in [5.74, 6) is 4.92. The second kappa shape index (κ2) is 20.7. The SMILES string of the molecule is CCSCCN(CC[S-])CC[S-].COc1ccc([S-])cc1.[O]=[99Tc+3]. The first-order chi connectivity index (χ1) is 11.2. The fraction of sp³-hybridized carbons (Fsp3) is 0.600. The van der Waals surface area contributed by atoms with E-state index in [0.29, 0.717) is 0 Å². The van der Waals surface area contributed by atoms with Gasteiger partial charge in [-0.1, -0.05) is 19.1 Å². The molecule has 0 aliphatic carbocycles. The predicted octanol–water partition coefficient (Wildman–Crippen LogP) is 2.62. The van der Waals surface area contributed by atoms with Crippen LogP contribution in [0, 0.1) is 0 Å². The Balaban J connectivity index is 0. The Labute approximate surface area is 172 Å². The van der Waals surface area contributed by atoms with E-state index in [1.54, 1.807) is 7.11 Å². The maximum absolute atomic E-state index is 8.22. The molecule has 1 rings (SSSR count). The molecule has 0 heterocycles. The Morgan fingerprint density at radius 2 is 1.61 bits per heavy atom. The third-order valence-corrected chi connectivity index (χ3v) is 4.15. The van der Waals surface area contributed by atoms with Crippen molar-refractivity contribution in [1.82, 2.24) is 4.90 Å². The van der Waals surface area contributed by atoms with Crippen molar-refractivity contribution < 1.29 is 27.1 Å². The van der Waals surface area contributed by atoms with Crippen molar-refractivity contribution in [3.63, 3.8) is 0 Å². The van der Waals surface area contributed by atoms with Crippen molar-refractivity contribution in [3.05, 3.63) is 24.3 Å². The number of methoxy groups -OCH3 is 1. The van der Waals surface area contributed by atoms with Gasteiger partial charge in [-0.05, 0) is 31.0 Å². The van der Waals surface area contributed by atoms with Crippen LogP contribution >= 0.6 is 11.8 Å². The first-order valence-electron chi connectivity index (χ1n) is 7.10. The summed E-state index contributed by atoms with van der Waals surface area (Å²) >= 11 is 17.6. The fourth-order valence-electron chi connectivity index (χ4n) is 1.51. The molecule has 0 radical (unpaired) electrons. The Hall–Kier alpha value is 0.699. The van der Waals surface area contributed by atoms with Gasteiger partial charge in [0.25, 0.3) is 0 Å². The summed E-state index contributed by atoms with van der Waals surface area (Å²) in [7, 11) is 1.64. The standard InChI is InChI=1S/C8H19NS3.C7H8OS.O.Tc/c1-2-12-8-5-9(3-6-10)4-7-11;1-8-6-2-4-7(9)5-3-6;;/h10-11H,2-8H2,1H3;2-5,9H,1H3;;/q;;;+3/p-3/i;;;1+1. The molecule has 0 saturated carbocycles. The molecule has 0 unspecified atom stereocenters. The van der Waals surface area contributed by atoms with E-state index in [2.05, 4.69) is 11.8 Å². The summed E-state index contributed by atoms with van der Waals surface area (Å²) in [6.45, 7) is 5.38. The second-order valence-corrected chi connectivity index (χ2v) is 6.80. The van der Waals surface area contributed by atoms with Crippen LogP contribution < -0.4 is 4.74 Å². The maximum atomic E-state index is 8.22. The molecule has 0 aromatic heterocycles. The molecule has 8 heteroatoms. The summed E-state index contributed by atoms with van der Waals surface area (Å²) in [5.41, 5.74) is 0. The van der Waals surface area contributed by atoms with Crippen molar-refractivity contribution in [3.8, 4) is 5.75 Å². The van der Waals surface area contributed by atoms with E-state index >= 15 is 0 Å². The van der Waals surface area contributed by atoms with Crippen LogP contribution in [0.1, 0.15) is 6.92 Å². The van der Waals surface area contributed by atoms with E-state index in [1.807, 2.05) is 36.0 Å². The fourth-order valence-corrected chi connectivity index (χ4v) is 2.84. The molecule has 3 nitrogen and oxygen atoms in total. The van der Waals surface area contributed by atoms with Crippen LogP contribution in [0.5, 0.6) is 5.75 Å². The molecular weight excluding hydrogens is 453 g/mol. The first kappa shape index (κ1) is 25.9. The van der Waals surface area contributed by atoms with Gasteiger partial charge >= 0.3 is 22.4 Å². The van der Waals surface area contributed by atoms with Crippen molar-refractivity contribution in [2.24, 2.45) is 0 Å². The Kier molecular flexibility index (Phi) is 23.4. The summed E-state index contributed by atoms with van der Waals surface area (Å²) in [4.78, 5) is 3.21. The quantitative estimate of drug-likeness (QED) is 0.399. The zero-order chi connectivity index (χ0) is 17.9. The normalized spacial score (nSPS) is 9.39. The molecule has 1 aromatic rings. The molecule has 1 aromatic carbocycles. The Bertz CT molecular complexity index is 352. The average Bonchev–Trinajstić information content (AvgIpc) is 2.59. The number of nitrogens with zero attached hydrogens (tertiary/aromatic N) is 1. The van der Waals surface area contributed by atoms with Gasteiger partial charge in [-0.25, -0.2) is 0 Å². The van der Waals surface area contributed by atoms with E-state index < -0.39 is 0 Å². The summed E-state index contributed by atoms with van der Waals surface area (Å²) in [6.07, 6.45) is 0. The van der Waals surface area contributed by atoms with Crippen molar-refractivity contribution in [1.29, 1.82) is 0 Å². The molecule has 132 valence electrons. The monoisotopic (exact) mass is 477 g/mol. The molecule has 23 heavy (non-hydrogen) atoms. The van der Waals surface area contributed by atoms with Crippen LogP contribution in [-0.4, -0.2) is 54.7 Å². The zero-order valence-electron chi connectivity index (χ0n) is 13.5. The first-order valence-corrected chi connectivity index (χ1v) is 10.6. The van der Waals surface area contributed by atoms with Crippen molar-refractivity contribution in [2.75, 3.05) is 49.8 Å². The van der Waals surface area contributed by atoms with E-state index in [-0.39, 0.29) is 0 Å². The molecular formula is C15H24NO2S4Tc. The number of hydrogen-bond acceptors (Lipinski definition) is 7. The molecule has 0 atom stereocenters. The number of thioether (sulfide) groups is 1. The predicted molar refractivity (Wildman–Crippen MR) is 103 cm³/mol. The molecule has 0 N–H and O–H groups in total. The van der Waals surface area contributed by atoms with Crippen LogP contribution in [0.15, 0.2) is 29.2 Å². The Morgan fingerprint density at radius 1 is 1.09 bits per heavy atom. The van der Waals surface area contributed by atoms with Crippen LogP contribution in [-0.2, 0) is 60.2 Å². The molecule has 0 fully saturated rings. The molecule has 0 amide bonds. The molecule has 0 aliphatic heterocycles. The van der Waals surface area contributed by atoms with Gasteiger partial charge in [0.05, 0.1) is 7.11 Å². The number of ether oxygens (including phenoxy) is 1. The topological polar surface area (TPSA) is 29.5 Å². The van der Waals surface area contributed by atoms with Gasteiger partial charge in [0, 0.05) is 12.3 Å². The Morgan fingerprint density at radius 3 is 2.00 bits per heavy atom. The number of hydrogen-bond donors (Lipinski definition) is 0. The van der Waals surface area contributed by atoms with Crippen molar-refractivity contribution >= 4 is 49.6 Å². The van der Waals surface area contributed by atoms with Gasteiger partial charge in [-0.2, -0.15) is 28.2 Å². The summed E-state index contributed by atoms with van der Waals surface area (Å²) < 4.78 is 13.1. The van der Waals surface area contributed by atoms with Gasteiger partial charge in [0.15, 0.2) is 0 Å². The van der Waals surface area contributed by atoms with Gasteiger partial charge < -0.3 is 47.5 Å². The second-order valence-electron chi connectivity index (χ2n) is 4.12. The molecule has 0 bridgehead atoms. The van der Waals surface area contributed by atoms with Crippen LogP contribution in [0.2, 0.25) is 0 Å². The summed E-state index contributed by atoms with van der Waals surface area (Å²) in [6, 6.07) is 7.38. The van der Waals surface area contributed by atoms with Crippen LogP contribution in [0.25, 0.3) is 0 Å².